The third kappa shape index (κ3) is 2.92. The Bertz CT molecular complexity index is 192. The third-order valence-corrected chi connectivity index (χ3v) is 3.87. The van der Waals surface area contributed by atoms with Crippen molar-refractivity contribution in [3.63, 3.8) is 0 Å². The van der Waals surface area contributed by atoms with Gasteiger partial charge in [0, 0.05) is 25.2 Å². The van der Waals surface area contributed by atoms with Crippen molar-refractivity contribution < 1.29 is 5.11 Å². The van der Waals surface area contributed by atoms with Gasteiger partial charge in [-0.25, -0.2) is 0 Å². The second kappa shape index (κ2) is 5.28. The van der Waals surface area contributed by atoms with Gasteiger partial charge in [-0.05, 0) is 19.4 Å². The molecule has 3 heteroatoms. The number of hydrogen-bond acceptors (Lipinski definition) is 3. The van der Waals surface area contributed by atoms with Gasteiger partial charge in [0.05, 0.1) is 6.10 Å². The van der Waals surface area contributed by atoms with Crippen molar-refractivity contribution in [2.75, 3.05) is 19.6 Å². The van der Waals surface area contributed by atoms with E-state index in [0.717, 1.165) is 19.6 Å². The number of hydrogen-bond donors (Lipinski definition) is 2. The van der Waals surface area contributed by atoms with Crippen LogP contribution in [0.5, 0.6) is 0 Å². The molecule has 1 heterocycles. The summed E-state index contributed by atoms with van der Waals surface area (Å²) in [6.45, 7) is 5.09. The maximum Gasteiger partial charge on any atom is 0.0832 e. The maximum atomic E-state index is 9.92. The summed E-state index contributed by atoms with van der Waals surface area (Å²) in [5.74, 6) is 0. The Morgan fingerprint density at radius 2 is 1.93 bits per heavy atom. The topological polar surface area (TPSA) is 35.5 Å². The third-order valence-electron chi connectivity index (χ3n) is 3.87. The van der Waals surface area contributed by atoms with Crippen LogP contribution >= 0.6 is 0 Å². The largest absolute Gasteiger partial charge is 0.390 e. The summed E-state index contributed by atoms with van der Waals surface area (Å²) in [7, 11) is 0. The summed E-state index contributed by atoms with van der Waals surface area (Å²) < 4.78 is 0. The number of aliphatic hydroxyl groups is 1. The molecule has 1 saturated heterocycles. The van der Waals surface area contributed by atoms with E-state index >= 15 is 0 Å². The van der Waals surface area contributed by atoms with Gasteiger partial charge in [0.1, 0.15) is 0 Å². The summed E-state index contributed by atoms with van der Waals surface area (Å²) in [6, 6.07) is 0.975. The van der Waals surface area contributed by atoms with Crippen LogP contribution in [-0.2, 0) is 0 Å². The lowest BCUT2D eigenvalue weighted by Crippen LogP contribution is -2.45. The Labute approximate surface area is 92.8 Å². The molecule has 0 aromatic heterocycles. The molecule has 2 rings (SSSR count). The van der Waals surface area contributed by atoms with E-state index < -0.39 is 0 Å². The molecule has 0 aromatic rings. The predicted molar refractivity (Wildman–Crippen MR) is 61.9 cm³/mol. The van der Waals surface area contributed by atoms with E-state index in [9.17, 15) is 5.11 Å². The molecule has 3 nitrogen and oxygen atoms in total. The fourth-order valence-electron chi connectivity index (χ4n) is 2.86. The van der Waals surface area contributed by atoms with Gasteiger partial charge in [0.15, 0.2) is 0 Å². The Morgan fingerprint density at radius 3 is 2.53 bits per heavy atom. The normalized spacial score (nSPS) is 34.8. The van der Waals surface area contributed by atoms with Gasteiger partial charge in [-0.1, -0.05) is 26.2 Å². The molecule has 0 amide bonds. The van der Waals surface area contributed by atoms with Crippen LogP contribution in [0.1, 0.15) is 39.0 Å². The van der Waals surface area contributed by atoms with Crippen LogP contribution < -0.4 is 5.32 Å². The van der Waals surface area contributed by atoms with Crippen molar-refractivity contribution in [2.45, 2.75) is 57.2 Å². The summed E-state index contributed by atoms with van der Waals surface area (Å²) in [5.41, 5.74) is 0. The minimum absolute atomic E-state index is 0.160. The molecule has 1 aliphatic heterocycles. The van der Waals surface area contributed by atoms with Crippen molar-refractivity contribution in [1.82, 2.24) is 10.2 Å². The number of nitrogens with one attached hydrogen (secondary N) is 1. The van der Waals surface area contributed by atoms with Gasteiger partial charge in [-0.3, -0.25) is 4.90 Å². The Kier molecular flexibility index (Phi) is 4.00. The highest BCUT2D eigenvalue weighted by Gasteiger charge is 2.31. The molecule has 0 bridgehead atoms. The smallest absolute Gasteiger partial charge is 0.0832 e. The first-order valence-electron chi connectivity index (χ1n) is 6.46. The van der Waals surface area contributed by atoms with E-state index in [0.29, 0.717) is 12.1 Å². The van der Waals surface area contributed by atoms with Crippen LogP contribution in [0.15, 0.2) is 0 Å². The van der Waals surface area contributed by atoms with Gasteiger partial charge in [-0.2, -0.15) is 0 Å². The summed E-state index contributed by atoms with van der Waals surface area (Å²) >= 11 is 0. The molecule has 15 heavy (non-hydrogen) atoms. The molecule has 88 valence electrons. The van der Waals surface area contributed by atoms with Gasteiger partial charge in [0.2, 0.25) is 0 Å². The van der Waals surface area contributed by atoms with Crippen molar-refractivity contribution in [1.29, 1.82) is 0 Å². The molecule has 0 radical (unpaired) electrons. The summed E-state index contributed by atoms with van der Waals surface area (Å²) in [5, 5.41) is 13.6. The van der Waals surface area contributed by atoms with Gasteiger partial charge >= 0.3 is 0 Å². The SMILES string of the molecule is CCN1C[C@H](NC2CCCCC2)[C@@H](O)C1. The summed E-state index contributed by atoms with van der Waals surface area (Å²) in [6.07, 6.45) is 6.56. The number of likely N-dealkylation sites (tertiary alicyclic amines) is 1. The lowest BCUT2D eigenvalue weighted by atomic mass is 9.94. The molecule has 2 atom stereocenters. The van der Waals surface area contributed by atoms with E-state index in [4.69, 9.17) is 0 Å². The number of β-amino-alcohol motifs (C(OH)–C–C–N with tert-alkyl or cyclic N) is 1. The first kappa shape index (κ1) is 11.4. The van der Waals surface area contributed by atoms with Crippen LogP contribution in [0, 0.1) is 0 Å². The lowest BCUT2D eigenvalue weighted by molar-refractivity contribution is 0.145. The van der Waals surface area contributed by atoms with E-state index in [1.165, 1.54) is 32.1 Å². The fraction of sp³-hybridized carbons (Fsp3) is 1.00. The highest BCUT2D eigenvalue weighted by atomic mass is 16.3. The van der Waals surface area contributed by atoms with E-state index in [1.807, 2.05) is 0 Å². The first-order chi connectivity index (χ1) is 7.29. The zero-order chi connectivity index (χ0) is 10.7. The zero-order valence-corrected chi connectivity index (χ0v) is 9.78. The monoisotopic (exact) mass is 212 g/mol. The second-order valence-electron chi connectivity index (χ2n) is 5.03. The molecule has 0 spiro atoms. The number of rotatable bonds is 3. The Hall–Kier alpha value is -0.120. The Morgan fingerprint density at radius 1 is 1.20 bits per heavy atom. The molecule has 2 N–H and O–H groups in total. The molecule has 2 aliphatic rings. The molecular weight excluding hydrogens is 188 g/mol. The van der Waals surface area contributed by atoms with Crippen LogP contribution in [0.2, 0.25) is 0 Å². The van der Waals surface area contributed by atoms with E-state index in [1.54, 1.807) is 0 Å². The highest BCUT2D eigenvalue weighted by Crippen LogP contribution is 2.19. The number of aliphatic hydroxyl groups excluding tert-OH is 1. The average Bonchev–Trinajstić information content (AvgIpc) is 2.61. The number of likely N-dealkylation sites (N-methyl/N-ethyl adjacent to an activating group) is 1. The minimum Gasteiger partial charge on any atom is -0.390 e. The highest BCUT2D eigenvalue weighted by molar-refractivity contribution is 4.91. The first-order valence-corrected chi connectivity index (χ1v) is 6.46. The summed E-state index contributed by atoms with van der Waals surface area (Å²) in [4.78, 5) is 2.32. The van der Waals surface area contributed by atoms with Crippen molar-refractivity contribution in [3.8, 4) is 0 Å². The van der Waals surface area contributed by atoms with Crippen LogP contribution in [0.25, 0.3) is 0 Å². The minimum atomic E-state index is -0.160. The van der Waals surface area contributed by atoms with Crippen LogP contribution in [0.3, 0.4) is 0 Å². The molecule has 1 aliphatic carbocycles. The average molecular weight is 212 g/mol. The van der Waals surface area contributed by atoms with Gasteiger partial charge in [-0.15, -0.1) is 0 Å². The van der Waals surface area contributed by atoms with Gasteiger partial charge < -0.3 is 10.4 Å². The van der Waals surface area contributed by atoms with Crippen molar-refractivity contribution in [2.24, 2.45) is 0 Å². The maximum absolute atomic E-state index is 9.92. The van der Waals surface area contributed by atoms with E-state index in [-0.39, 0.29) is 6.10 Å². The molecule has 0 aromatic carbocycles. The molecule has 1 saturated carbocycles. The molecular formula is C12H24N2O. The van der Waals surface area contributed by atoms with Crippen molar-refractivity contribution in [3.05, 3.63) is 0 Å². The van der Waals surface area contributed by atoms with Gasteiger partial charge in [0.25, 0.3) is 0 Å². The lowest BCUT2D eigenvalue weighted by Gasteiger charge is -2.27. The zero-order valence-electron chi connectivity index (χ0n) is 9.78. The van der Waals surface area contributed by atoms with Crippen LogP contribution in [0.4, 0.5) is 0 Å². The standard InChI is InChI=1S/C12H24N2O/c1-2-14-8-11(12(15)9-14)13-10-6-4-3-5-7-10/h10-13,15H,2-9H2,1H3/t11-,12-/m0/s1. The fourth-order valence-corrected chi connectivity index (χ4v) is 2.86. The van der Waals surface area contributed by atoms with Crippen LogP contribution in [-0.4, -0.2) is 47.8 Å². The predicted octanol–water partition coefficient (Wildman–Crippen LogP) is 0.974. The Balaban J connectivity index is 1.78. The molecule has 2 fully saturated rings. The van der Waals surface area contributed by atoms with E-state index in [2.05, 4.69) is 17.1 Å². The number of nitrogens with zero attached hydrogens (tertiary/aromatic N) is 1. The quantitative estimate of drug-likeness (QED) is 0.732. The van der Waals surface area contributed by atoms with Crippen molar-refractivity contribution >= 4 is 0 Å². The molecule has 0 unspecified atom stereocenters. The second-order valence-corrected chi connectivity index (χ2v) is 5.03.